The first-order valence-electron chi connectivity index (χ1n) is 3.57. The molecule has 0 aromatic heterocycles. The molecule has 0 heterocycles. The lowest BCUT2D eigenvalue weighted by atomic mass is 10.2. The Balaban J connectivity index is 3.22. The summed E-state index contributed by atoms with van der Waals surface area (Å²) in [5, 5.41) is 0. The summed E-state index contributed by atoms with van der Waals surface area (Å²) in [5.41, 5.74) is 1.01. The second kappa shape index (κ2) is 3.81. The molecule has 0 amide bonds. The molecule has 1 aromatic carbocycles. The van der Waals surface area contributed by atoms with Gasteiger partial charge in [0.05, 0.1) is 7.11 Å². The first-order valence-corrected chi connectivity index (χ1v) is 4.79. The van der Waals surface area contributed by atoms with Crippen molar-refractivity contribution < 1.29 is 9.13 Å². The Morgan fingerprint density at radius 3 is 2.58 bits per heavy atom. The summed E-state index contributed by atoms with van der Waals surface area (Å²) in [6, 6.07) is 3.50. The monoisotopic (exact) mass is 186 g/mol. The smallest absolute Gasteiger partial charge is 0.178 e. The van der Waals surface area contributed by atoms with Gasteiger partial charge in [-0.25, -0.2) is 4.39 Å². The van der Waals surface area contributed by atoms with E-state index in [0.29, 0.717) is 10.6 Å². The van der Waals surface area contributed by atoms with E-state index in [4.69, 9.17) is 4.74 Å². The van der Waals surface area contributed by atoms with Crippen molar-refractivity contribution in [2.45, 2.75) is 11.8 Å². The van der Waals surface area contributed by atoms with Gasteiger partial charge < -0.3 is 4.74 Å². The van der Waals surface area contributed by atoms with Crippen LogP contribution in [-0.2, 0) is 0 Å². The number of methoxy groups -OCH3 is 1. The van der Waals surface area contributed by atoms with Crippen molar-refractivity contribution in [1.29, 1.82) is 0 Å². The van der Waals surface area contributed by atoms with Gasteiger partial charge in [0.25, 0.3) is 0 Å². The number of benzene rings is 1. The fourth-order valence-electron chi connectivity index (χ4n) is 1.00. The largest absolute Gasteiger partial charge is 0.494 e. The van der Waals surface area contributed by atoms with Crippen LogP contribution >= 0.6 is 11.8 Å². The van der Waals surface area contributed by atoms with Crippen LogP contribution in [0.3, 0.4) is 0 Å². The van der Waals surface area contributed by atoms with Gasteiger partial charge in [-0.15, -0.1) is 11.8 Å². The Kier molecular flexibility index (Phi) is 2.98. The molecule has 0 N–H and O–H groups in total. The Labute approximate surface area is 75.9 Å². The highest BCUT2D eigenvalue weighted by atomic mass is 32.2. The fraction of sp³-hybridized carbons (Fsp3) is 0.333. The number of hydrogen-bond donors (Lipinski definition) is 0. The van der Waals surface area contributed by atoms with Crippen molar-refractivity contribution in [2.75, 3.05) is 13.4 Å². The molecule has 66 valence electrons. The van der Waals surface area contributed by atoms with Crippen LogP contribution in [0.5, 0.6) is 5.75 Å². The maximum Gasteiger partial charge on any atom is 0.178 e. The predicted molar refractivity (Wildman–Crippen MR) is 49.5 cm³/mol. The molecule has 1 rings (SSSR count). The quantitative estimate of drug-likeness (QED) is 0.657. The van der Waals surface area contributed by atoms with Crippen LogP contribution in [0.2, 0.25) is 0 Å². The molecule has 0 aliphatic carbocycles. The van der Waals surface area contributed by atoms with E-state index in [1.54, 1.807) is 6.07 Å². The fourth-order valence-corrected chi connectivity index (χ4v) is 1.58. The van der Waals surface area contributed by atoms with Crippen molar-refractivity contribution in [2.24, 2.45) is 0 Å². The first-order chi connectivity index (χ1) is 5.69. The van der Waals surface area contributed by atoms with Crippen LogP contribution in [0.1, 0.15) is 5.56 Å². The number of hydrogen-bond acceptors (Lipinski definition) is 2. The third kappa shape index (κ3) is 1.72. The molecule has 0 saturated carbocycles. The zero-order valence-corrected chi connectivity index (χ0v) is 8.17. The topological polar surface area (TPSA) is 9.23 Å². The van der Waals surface area contributed by atoms with Gasteiger partial charge in [0.15, 0.2) is 11.6 Å². The number of thioether (sulfide) groups is 1. The minimum absolute atomic E-state index is 0.268. The summed E-state index contributed by atoms with van der Waals surface area (Å²) < 4.78 is 18.2. The summed E-state index contributed by atoms with van der Waals surface area (Å²) in [7, 11) is 1.47. The average Bonchev–Trinajstić information content (AvgIpc) is 2.08. The van der Waals surface area contributed by atoms with Gasteiger partial charge in [-0.2, -0.15) is 0 Å². The van der Waals surface area contributed by atoms with Crippen molar-refractivity contribution >= 4 is 11.8 Å². The third-order valence-electron chi connectivity index (χ3n) is 1.59. The van der Waals surface area contributed by atoms with E-state index in [1.807, 2.05) is 19.2 Å². The summed E-state index contributed by atoms with van der Waals surface area (Å²) in [5.74, 6) is 0.0509. The molecule has 0 spiro atoms. The SMILES string of the molecule is COc1cc(C)cc(SC)c1F. The lowest BCUT2D eigenvalue weighted by Gasteiger charge is -2.06. The minimum Gasteiger partial charge on any atom is -0.494 e. The summed E-state index contributed by atoms with van der Waals surface area (Å²) in [4.78, 5) is 0.631. The molecular weight excluding hydrogens is 175 g/mol. The zero-order valence-electron chi connectivity index (χ0n) is 7.35. The molecule has 12 heavy (non-hydrogen) atoms. The van der Waals surface area contributed by atoms with Crippen molar-refractivity contribution in [3.8, 4) is 5.75 Å². The zero-order chi connectivity index (χ0) is 9.14. The van der Waals surface area contributed by atoms with Crippen LogP contribution in [0.25, 0.3) is 0 Å². The Morgan fingerprint density at radius 2 is 2.08 bits per heavy atom. The molecule has 0 bridgehead atoms. The lowest BCUT2D eigenvalue weighted by Crippen LogP contribution is -1.91. The van der Waals surface area contributed by atoms with Crippen LogP contribution in [0.15, 0.2) is 17.0 Å². The highest BCUT2D eigenvalue weighted by molar-refractivity contribution is 7.98. The number of ether oxygens (including phenoxy) is 1. The highest BCUT2D eigenvalue weighted by Crippen LogP contribution is 2.28. The normalized spacial score (nSPS) is 10.0. The van der Waals surface area contributed by atoms with E-state index in [1.165, 1.54) is 18.9 Å². The Hall–Kier alpha value is -0.700. The van der Waals surface area contributed by atoms with Crippen molar-refractivity contribution in [1.82, 2.24) is 0 Å². The molecule has 0 fully saturated rings. The number of aryl methyl sites for hydroxylation is 1. The molecule has 0 atom stereocenters. The van der Waals surface area contributed by atoms with E-state index >= 15 is 0 Å². The molecule has 3 heteroatoms. The maximum absolute atomic E-state index is 13.3. The molecule has 0 unspecified atom stereocenters. The van der Waals surface area contributed by atoms with Gasteiger partial charge in [-0.3, -0.25) is 0 Å². The number of halogens is 1. The van der Waals surface area contributed by atoms with Gasteiger partial charge >= 0.3 is 0 Å². The second-order valence-corrected chi connectivity index (χ2v) is 3.33. The number of rotatable bonds is 2. The Bertz CT molecular complexity index is 261. The van der Waals surface area contributed by atoms with Crippen LogP contribution < -0.4 is 4.74 Å². The molecule has 1 nitrogen and oxygen atoms in total. The van der Waals surface area contributed by atoms with Gasteiger partial charge in [-0.05, 0) is 30.9 Å². The predicted octanol–water partition coefficient (Wildman–Crippen LogP) is 2.86. The van der Waals surface area contributed by atoms with Gasteiger partial charge in [-0.1, -0.05) is 0 Å². The average molecular weight is 186 g/mol. The maximum atomic E-state index is 13.3. The molecule has 1 aromatic rings. The van der Waals surface area contributed by atoms with Crippen molar-refractivity contribution in [3.05, 3.63) is 23.5 Å². The lowest BCUT2D eigenvalue weighted by molar-refractivity contribution is 0.381. The summed E-state index contributed by atoms with van der Waals surface area (Å²) in [6.45, 7) is 1.92. The second-order valence-electron chi connectivity index (χ2n) is 2.48. The molecule has 0 saturated heterocycles. The molecule has 0 aliphatic heterocycles. The van der Waals surface area contributed by atoms with Crippen LogP contribution in [0.4, 0.5) is 4.39 Å². The Morgan fingerprint density at radius 1 is 1.42 bits per heavy atom. The van der Waals surface area contributed by atoms with Gasteiger partial charge in [0.1, 0.15) is 0 Å². The summed E-state index contributed by atoms with van der Waals surface area (Å²) >= 11 is 1.38. The summed E-state index contributed by atoms with van der Waals surface area (Å²) in [6.07, 6.45) is 1.84. The van der Waals surface area contributed by atoms with E-state index in [2.05, 4.69) is 0 Å². The standard InChI is InChI=1S/C9H11FOS/c1-6-4-7(11-2)9(10)8(5-6)12-3/h4-5H,1-3H3. The third-order valence-corrected chi connectivity index (χ3v) is 2.33. The van der Waals surface area contributed by atoms with E-state index in [0.717, 1.165) is 5.56 Å². The molecule has 0 aliphatic rings. The van der Waals surface area contributed by atoms with Crippen LogP contribution in [-0.4, -0.2) is 13.4 Å². The minimum atomic E-state index is -0.268. The van der Waals surface area contributed by atoms with E-state index in [9.17, 15) is 4.39 Å². The van der Waals surface area contributed by atoms with E-state index in [-0.39, 0.29) is 5.82 Å². The molecule has 0 radical (unpaired) electrons. The van der Waals surface area contributed by atoms with Gasteiger partial charge in [0.2, 0.25) is 0 Å². The van der Waals surface area contributed by atoms with E-state index < -0.39 is 0 Å². The molecular formula is C9H11FOS. The highest BCUT2D eigenvalue weighted by Gasteiger charge is 2.08. The van der Waals surface area contributed by atoms with Gasteiger partial charge in [0, 0.05) is 4.90 Å². The van der Waals surface area contributed by atoms with Crippen LogP contribution in [0, 0.1) is 12.7 Å². The van der Waals surface area contributed by atoms with Crippen molar-refractivity contribution in [3.63, 3.8) is 0 Å². The first kappa shape index (κ1) is 9.39.